The van der Waals surface area contributed by atoms with E-state index in [4.69, 9.17) is 11.6 Å². The van der Waals surface area contributed by atoms with Crippen molar-refractivity contribution in [1.82, 2.24) is 4.31 Å². The van der Waals surface area contributed by atoms with E-state index in [9.17, 15) is 18.5 Å². The van der Waals surface area contributed by atoms with Crippen molar-refractivity contribution in [2.75, 3.05) is 6.54 Å². The van der Waals surface area contributed by atoms with Gasteiger partial charge in [-0.3, -0.25) is 10.1 Å². The van der Waals surface area contributed by atoms with E-state index in [1.54, 1.807) is 12.1 Å². The Bertz CT molecular complexity index is 816. The minimum Gasteiger partial charge on any atom is -0.258 e. The lowest BCUT2D eigenvalue weighted by Crippen LogP contribution is -2.30. The van der Waals surface area contributed by atoms with Gasteiger partial charge in [0.25, 0.3) is 5.69 Å². The molecule has 0 atom stereocenters. The monoisotopic (exact) mass is 372 g/mol. The molecule has 0 aliphatic heterocycles. The SMILES string of the molecule is C=CCN(Cc1ccc(Cl)s1)S(=O)(=O)c1ccc([N+](=O)[O-])cc1. The molecule has 1 aromatic carbocycles. The highest BCUT2D eigenvalue weighted by Gasteiger charge is 2.24. The van der Waals surface area contributed by atoms with E-state index in [2.05, 4.69) is 6.58 Å². The Morgan fingerprint density at radius 1 is 1.26 bits per heavy atom. The van der Waals surface area contributed by atoms with E-state index in [0.717, 1.165) is 4.88 Å². The maximum absolute atomic E-state index is 12.7. The molecule has 2 rings (SSSR count). The third-order valence-electron chi connectivity index (χ3n) is 2.98. The predicted octanol–water partition coefficient (Wildman–Crippen LogP) is 3.69. The van der Waals surface area contributed by atoms with E-state index < -0.39 is 14.9 Å². The molecule has 0 radical (unpaired) electrons. The van der Waals surface area contributed by atoms with Crippen molar-refractivity contribution in [3.63, 3.8) is 0 Å². The Balaban J connectivity index is 2.31. The Morgan fingerprint density at radius 2 is 1.91 bits per heavy atom. The van der Waals surface area contributed by atoms with Gasteiger partial charge in [-0.15, -0.1) is 17.9 Å². The number of nitrogens with zero attached hydrogens (tertiary/aromatic N) is 2. The van der Waals surface area contributed by atoms with Crippen LogP contribution in [0, 0.1) is 10.1 Å². The molecule has 122 valence electrons. The van der Waals surface area contributed by atoms with Gasteiger partial charge in [-0.25, -0.2) is 8.42 Å². The second-order valence-corrected chi connectivity index (χ2v) is 8.28. The molecule has 0 amide bonds. The lowest BCUT2D eigenvalue weighted by Gasteiger charge is -2.20. The zero-order valence-electron chi connectivity index (χ0n) is 11.9. The van der Waals surface area contributed by atoms with Gasteiger partial charge in [0.2, 0.25) is 10.0 Å². The molecule has 0 spiro atoms. The Labute approximate surface area is 142 Å². The molecule has 0 saturated heterocycles. The lowest BCUT2D eigenvalue weighted by molar-refractivity contribution is -0.384. The summed E-state index contributed by atoms with van der Waals surface area (Å²) in [6.45, 7) is 3.85. The van der Waals surface area contributed by atoms with Crippen LogP contribution in [-0.2, 0) is 16.6 Å². The summed E-state index contributed by atoms with van der Waals surface area (Å²) in [5.41, 5.74) is -0.163. The van der Waals surface area contributed by atoms with Gasteiger partial charge >= 0.3 is 0 Å². The first-order chi connectivity index (χ1) is 10.8. The van der Waals surface area contributed by atoms with Gasteiger partial charge in [-0.05, 0) is 24.3 Å². The molecule has 1 heterocycles. The number of nitro benzene ring substituents is 1. The van der Waals surface area contributed by atoms with Crippen LogP contribution in [0.2, 0.25) is 4.34 Å². The van der Waals surface area contributed by atoms with Crippen molar-refractivity contribution in [2.45, 2.75) is 11.4 Å². The van der Waals surface area contributed by atoms with Crippen molar-refractivity contribution in [3.05, 3.63) is 68.4 Å². The fourth-order valence-corrected chi connectivity index (χ4v) is 4.46. The van der Waals surface area contributed by atoms with Gasteiger partial charge < -0.3 is 0 Å². The average Bonchev–Trinajstić information content (AvgIpc) is 2.92. The summed E-state index contributed by atoms with van der Waals surface area (Å²) in [5.74, 6) is 0. The number of halogens is 1. The summed E-state index contributed by atoms with van der Waals surface area (Å²) >= 11 is 7.16. The molecule has 2 aromatic rings. The summed E-state index contributed by atoms with van der Waals surface area (Å²) in [5, 5.41) is 10.7. The molecule has 23 heavy (non-hydrogen) atoms. The van der Waals surface area contributed by atoms with Crippen molar-refractivity contribution in [1.29, 1.82) is 0 Å². The zero-order chi connectivity index (χ0) is 17.0. The quantitative estimate of drug-likeness (QED) is 0.421. The van der Waals surface area contributed by atoms with Crippen LogP contribution < -0.4 is 0 Å². The highest BCUT2D eigenvalue weighted by atomic mass is 35.5. The number of hydrogen-bond donors (Lipinski definition) is 0. The Hall–Kier alpha value is -1.74. The summed E-state index contributed by atoms with van der Waals surface area (Å²) in [7, 11) is -3.79. The van der Waals surface area contributed by atoms with Crippen molar-refractivity contribution >= 4 is 38.6 Å². The van der Waals surface area contributed by atoms with Crippen LogP contribution in [0.15, 0.2) is 53.9 Å². The molecule has 0 bridgehead atoms. The fourth-order valence-electron chi connectivity index (χ4n) is 1.89. The molecule has 0 saturated carbocycles. The van der Waals surface area contributed by atoms with Gasteiger partial charge in [0.1, 0.15) is 0 Å². The first-order valence-corrected chi connectivity index (χ1v) is 9.08. The molecule has 0 N–H and O–H groups in total. The fraction of sp³-hybridized carbons (Fsp3) is 0.143. The second-order valence-electron chi connectivity index (χ2n) is 4.54. The van der Waals surface area contributed by atoms with Crippen LogP contribution in [0.25, 0.3) is 0 Å². The number of nitro groups is 1. The predicted molar refractivity (Wildman–Crippen MR) is 90.2 cm³/mol. The van der Waals surface area contributed by atoms with Gasteiger partial charge in [-0.2, -0.15) is 4.31 Å². The minimum atomic E-state index is -3.79. The third kappa shape index (κ3) is 4.17. The van der Waals surface area contributed by atoms with Crippen LogP contribution in [0.3, 0.4) is 0 Å². The van der Waals surface area contributed by atoms with Crippen molar-refractivity contribution in [3.8, 4) is 0 Å². The minimum absolute atomic E-state index is 0.00685. The van der Waals surface area contributed by atoms with Crippen LogP contribution in [0.5, 0.6) is 0 Å². The summed E-state index contributed by atoms with van der Waals surface area (Å²) in [4.78, 5) is 10.9. The van der Waals surface area contributed by atoms with E-state index in [-0.39, 0.29) is 23.7 Å². The summed E-state index contributed by atoms with van der Waals surface area (Å²) in [6, 6.07) is 8.25. The number of non-ortho nitro benzene ring substituents is 1. The molecular formula is C14H13ClN2O4S2. The number of hydrogen-bond acceptors (Lipinski definition) is 5. The molecule has 1 aromatic heterocycles. The molecular weight excluding hydrogens is 360 g/mol. The maximum atomic E-state index is 12.7. The van der Waals surface area contributed by atoms with Crippen LogP contribution in [0.4, 0.5) is 5.69 Å². The van der Waals surface area contributed by atoms with Gasteiger partial charge in [-0.1, -0.05) is 17.7 Å². The Morgan fingerprint density at radius 3 is 2.39 bits per heavy atom. The maximum Gasteiger partial charge on any atom is 0.269 e. The van der Waals surface area contributed by atoms with Gasteiger partial charge in [0.05, 0.1) is 14.2 Å². The van der Waals surface area contributed by atoms with E-state index in [1.165, 1.54) is 46.0 Å². The van der Waals surface area contributed by atoms with Crippen molar-refractivity contribution < 1.29 is 13.3 Å². The highest BCUT2D eigenvalue weighted by Crippen LogP contribution is 2.26. The molecule has 9 heteroatoms. The van der Waals surface area contributed by atoms with Crippen LogP contribution in [-0.4, -0.2) is 24.2 Å². The largest absolute Gasteiger partial charge is 0.269 e. The lowest BCUT2D eigenvalue weighted by atomic mass is 10.3. The first-order valence-electron chi connectivity index (χ1n) is 6.44. The van der Waals surface area contributed by atoms with E-state index >= 15 is 0 Å². The second kappa shape index (κ2) is 7.22. The number of rotatable bonds is 7. The zero-order valence-corrected chi connectivity index (χ0v) is 14.3. The van der Waals surface area contributed by atoms with Crippen LogP contribution >= 0.6 is 22.9 Å². The number of thiophene rings is 1. The van der Waals surface area contributed by atoms with Gasteiger partial charge in [0, 0.05) is 30.1 Å². The smallest absolute Gasteiger partial charge is 0.258 e. The number of benzene rings is 1. The summed E-state index contributed by atoms with van der Waals surface area (Å²) in [6.07, 6.45) is 1.48. The molecule has 0 aliphatic carbocycles. The van der Waals surface area contributed by atoms with E-state index in [1.807, 2.05) is 0 Å². The molecule has 6 nitrogen and oxygen atoms in total. The highest BCUT2D eigenvalue weighted by molar-refractivity contribution is 7.89. The standard InChI is InChI=1S/C14H13ClN2O4S2/c1-2-9-16(10-12-5-8-14(15)22-12)23(20,21)13-6-3-11(4-7-13)17(18)19/h2-8H,1,9-10H2. The Kier molecular flexibility index (Phi) is 5.53. The van der Waals surface area contributed by atoms with Crippen molar-refractivity contribution in [2.24, 2.45) is 0 Å². The first kappa shape index (κ1) is 17.6. The average molecular weight is 373 g/mol. The number of sulfonamides is 1. The molecule has 0 aliphatic rings. The summed E-state index contributed by atoms with van der Waals surface area (Å²) < 4.78 is 27.2. The van der Waals surface area contributed by atoms with Gasteiger partial charge in [0.15, 0.2) is 0 Å². The van der Waals surface area contributed by atoms with Crippen LogP contribution in [0.1, 0.15) is 4.88 Å². The normalized spacial score (nSPS) is 11.6. The molecule has 0 unspecified atom stereocenters. The van der Waals surface area contributed by atoms with E-state index in [0.29, 0.717) is 4.34 Å². The topological polar surface area (TPSA) is 80.5 Å². The third-order valence-corrected chi connectivity index (χ3v) is 6.02. The molecule has 0 fully saturated rings.